The lowest BCUT2D eigenvalue weighted by Gasteiger charge is -2.01. The Morgan fingerprint density at radius 1 is 1.14 bits per heavy atom. The van der Waals surface area contributed by atoms with Crippen molar-refractivity contribution >= 4 is 27.1 Å². The smallest absolute Gasteiger partial charge is 0.261 e. The highest BCUT2D eigenvalue weighted by Crippen LogP contribution is 2.29. The maximum Gasteiger partial charge on any atom is 0.261 e. The minimum Gasteiger partial charge on any atom is -0.349 e. The van der Waals surface area contributed by atoms with Crippen molar-refractivity contribution in [2.75, 3.05) is 6.26 Å². The van der Waals surface area contributed by atoms with Gasteiger partial charge in [0.2, 0.25) is 0 Å². The topological polar surface area (TPSA) is 63.2 Å². The van der Waals surface area contributed by atoms with Gasteiger partial charge in [-0.05, 0) is 42.7 Å². The Balaban J connectivity index is 1.80. The maximum atomic E-state index is 11.9. The van der Waals surface area contributed by atoms with Gasteiger partial charge < -0.3 is 5.32 Å². The molecule has 2 aromatic rings. The normalized spacial score (nSPS) is 14.9. The van der Waals surface area contributed by atoms with E-state index >= 15 is 0 Å². The summed E-state index contributed by atoms with van der Waals surface area (Å²) in [6.07, 6.45) is 3.32. The van der Waals surface area contributed by atoms with Gasteiger partial charge in [-0.3, -0.25) is 4.79 Å². The predicted octanol–water partition coefficient (Wildman–Crippen LogP) is 2.71. The van der Waals surface area contributed by atoms with Crippen LogP contribution in [-0.4, -0.2) is 26.6 Å². The molecular weight excluding hydrogens is 306 g/mol. The van der Waals surface area contributed by atoms with Gasteiger partial charge in [0.25, 0.3) is 5.91 Å². The van der Waals surface area contributed by atoms with Crippen molar-refractivity contribution in [1.29, 1.82) is 0 Å². The summed E-state index contributed by atoms with van der Waals surface area (Å²) in [7, 11) is -3.18. The largest absolute Gasteiger partial charge is 0.349 e. The Labute approximate surface area is 127 Å². The summed E-state index contributed by atoms with van der Waals surface area (Å²) in [4.78, 5) is 13.9. The van der Waals surface area contributed by atoms with E-state index in [0.717, 1.165) is 23.3 Å². The first-order chi connectivity index (χ1) is 9.93. The van der Waals surface area contributed by atoms with Crippen LogP contribution < -0.4 is 5.32 Å². The van der Waals surface area contributed by atoms with Crippen molar-refractivity contribution in [2.24, 2.45) is 0 Å². The van der Waals surface area contributed by atoms with E-state index in [9.17, 15) is 13.2 Å². The molecule has 1 aliphatic rings. The molecule has 0 spiro atoms. The second-order valence-corrected chi connectivity index (χ2v) is 8.31. The molecular formula is C15H15NO3S2. The molecule has 1 aromatic heterocycles. The van der Waals surface area contributed by atoms with Crippen molar-refractivity contribution in [1.82, 2.24) is 5.32 Å². The summed E-state index contributed by atoms with van der Waals surface area (Å²) in [6.45, 7) is 0. The fourth-order valence-electron chi connectivity index (χ4n) is 1.97. The monoisotopic (exact) mass is 321 g/mol. The summed E-state index contributed by atoms with van der Waals surface area (Å²) in [5.74, 6) is -0.0264. The molecule has 1 saturated carbocycles. The molecule has 1 aliphatic carbocycles. The van der Waals surface area contributed by atoms with Gasteiger partial charge in [-0.25, -0.2) is 8.42 Å². The molecule has 4 nitrogen and oxygen atoms in total. The van der Waals surface area contributed by atoms with Gasteiger partial charge in [-0.2, -0.15) is 0 Å². The average molecular weight is 321 g/mol. The number of carbonyl (C=O) groups excluding carboxylic acids is 1. The van der Waals surface area contributed by atoms with E-state index < -0.39 is 9.84 Å². The number of carbonyl (C=O) groups is 1. The van der Waals surface area contributed by atoms with E-state index in [4.69, 9.17) is 0 Å². The predicted molar refractivity (Wildman–Crippen MR) is 83.4 cm³/mol. The molecule has 0 bridgehead atoms. The van der Waals surface area contributed by atoms with Crippen LogP contribution in [0.4, 0.5) is 0 Å². The third kappa shape index (κ3) is 3.33. The number of hydrogen-bond donors (Lipinski definition) is 1. The molecule has 3 rings (SSSR count). The molecule has 1 fully saturated rings. The van der Waals surface area contributed by atoms with Gasteiger partial charge in [0.05, 0.1) is 9.77 Å². The van der Waals surface area contributed by atoms with Crippen molar-refractivity contribution in [3.8, 4) is 10.4 Å². The van der Waals surface area contributed by atoms with E-state index in [0.29, 0.717) is 15.8 Å². The highest BCUT2D eigenvalue weighted by molar-refractivity contribution is 7.90. The van der Waals surface area contributed by atoms with Gasteiger partial charge in [-0.15, -0.1) is 11.3 Å². The zero-order valence-corrected chi connectivity index (χ0v) is 13.1. The Bertz CT molecular complexity index is 772. The molecule has 1 amide bonds. The standard InChI is InChI=1S/C15H15NO3S2/c1-21(18,19)12-6-2-10(3-7-12)13-8-9-14(20-13)15(17)16-11-4-5-11/h2-3,6-9,11H,4-5H2,1H3,(H,16,17). The third-order valence-electron chi connectivity index (χ3n) is 3.31. The molecule has 21 heavy (non-hydrogen) atoms. The van der Waals surface area contributed by atoms with Crippen LogP contribution in [0.5, 0.6) is 0 Å². The third-order valence-corrected chi connectivity index (χ3v) is 5.57. The van der Waals surface area contributed by atoms with Crippen molar-refractivity contribution in [3.05, 3.63) is 41.3 Å². The second-order valence-electron chi connectivity index (χ2n) is 5.21. The molecule has 1 N–H and O–H groups in total. The maximum absolute atomic E-state index is 11.9. The van der Waals surface area contributed by atoms with Crippen LogP contribution in [0, 0.1) is 0 Å². The summed E-state index contributed by atoms with van der Waals surface area (Å²) in [6, 6.07) is 10.8. The molecule has 1 heterocycles. The average Bonchev–Trinajstić information content (AvgIpc) is 3.11. The zero-order chi connectivity index (χ0) is 15.0. The van der Waals surface area contributed by atoms with Crippen LogP contribution in [0.3, 0.4) is 0 Å². The lowest BCUT2D eigenvalue weighted by molar-refractivity contribution is 0.0955. The summed E-state index contributed by atoms with van der Waals surface area (Å²) >= 11 is 1.42. The van der Waals surface area contributed by atoms with Gasteiger partial charge in [0.1, 0.15) is 0 Å². The summed E-state index contributed by atoms with van der Waals surface area (Å²) in [5.41, 5.74) is 0.915. The fraction of sp³-hybridized carbons (Fsp3) is 0.267. The highest BCUT2D eigenvalue weighted by Gasteiger charge is 2.24. The first-order valence-corrected chi connectivity index (χ1v) is 9.35. The van der Waals surface area contributed by atoms with Gasteiger partial charge in [0, 0.05) is 17.2 Å². The molecule has 6 heteroatoms. The van der Waals surface area contributed by atoms with E-state index in [-0.39, 0.29) is 5.91 Å². The molecule has 0 saturated heterocycles. The zero-order valence-electron chi connectivity index (χ0n) is 11.5. The first kappa shape index (κ1) is 14.3. The molecule has 1 aromatic carbocycles. The van der Waals surface area contributed by atoms with Gasteiger partial charge in [-0.1, -0.05) is 12.1 Å². The highest BCUT2D eigenvalue weighted by atomic mass is 32.2. The number of hydrogen-bond acceptors (Lipinski definition) is 4. The fourth-order valence-corrected chi connectivity index (χ4v) is 3.51. The van der Waals surface area contributed by atoms with Crippen LogP contribution in [-0.2, 0) is 9.84 Å². The summed E-state index contributed by atoms with van der Waals surface area (Å²) < 4.78 is 22.9. The molecule has 110 valence electrons. The lowest BCUT2D eigenvalue weighted by atomic mass is 10.2. The molecule has 0 radical (unpaired) electrons. The van der Waals surface area contributed by atoms with Crippen LogP contribution >= 0.6 is 11.3 Å². The van der Waals surface area contributed by atoms with E-state index in [2.05, 4.69) is 5.32 Å². The van der Waals surface area contributed by atoms with E-state index in [1.54, 1.807) is 24.3 Å². The van der Waals surface area contributed by atoms with Gasteiger partial charge in [0.15, 0.2) is 9.84 Å². The van der Waals surface area contributed by atoms with Crippen LogP contribution in [0.15, 0.2) is 41.3 Å². The number of benzene rings is 1. The molecule has 0 unspecified atom stereocenters. The minimum absolute atomic E-state index is 0.0264. The Kier molecular flexibility index (Phi) is 3.59. The van der Waals surface area contributed by atoms with Crippen LogP contribution in [0.2, 0.25) is 0 Å². The van der Waals surface area contributed by atoms with Crippen LogP contribution in [0.25, 0.3) is 10.4 Å². The van der Waals surface area contributed by atoms with Crippen molar-refractivity contribution in [2.45, 2.75) is 23.8 Å². The Hall–Kier alpha value is -1.66. The first-order valence-electron chi connectivity index (χ1n) is 6.65. The Morgan fingerprint density at radius 2 is 1.81 bits per heavy atom. The van der Waals surface area contributed by atoms with Crippen LogP contribution in [0.1, 0.15) is 22.5 Å². The summed E-state index contributed by atoms with van der Waals surface area (Å²) in [5, 5.41) is 2.96. The molecule has 0 aliphatic heterocycles. The SMILES string of the molecule is CS(=O)(=O)c1ccc(-c2ccc(C(=O)NC3CC3)s2)cc1. The number of amides is 1. The van der Waals surface area contributed by atoms with Crippen molar-refractivity contribution in [3.63, 3.8) is 0 Å². The molecule has 0 atom stereocenters. The Morgan fingerprint density at radius 3 is 2.38 bits per heavy atom. The lowest BCUT2D eigenvalue weighted by Crippen LogP contribution is -2.24. The van der Waals surface area contributed by atoms with Crippen molar-refractivity contribution < 1.29 is 13.2 Å². The number of thiophene rings is 1. The number of rotatable bonds is 4. The van der Waals surface area contributed by atoms with Gasteiger partial charge >= 0.3 is 0 Å². The number of nitrogens with one attached hydrogen (secondary N) is 1. The number of sulfone groups is 1. The quantitative estimate of drug-likeness (QED) is 0.942. The minimum atomic E-state index is -3.18. The van der Waals surface area contributed by atoms with E-state index in [1.807, 2.05) is 12.1 Å². The van der Waals surface area contributed by atoms with E-state index in [1.165, 1.54) is 17.6 Å². The second kappa shape index (κ2) is 5.27.